The molecule has 2 aromatic carbocycles. The summed E-state index contributed by atoms with van der Waals surface area (Å²) in [5.41, 5.74) is 8.75. The number of aromatic nitrogens is 2. The molecule has 0 bridgehead atoms. The zero-order valence-electron chi connectivity index (χ0n) is 18.4. The first kappa shape index (κ1) is 22.0. The quantitative estimate of drug-likeness (QED) is 0.502. The fourth-order valence-corrected chi connectivity index (χ4v) is 4.23. The topological polar surface area (TPSA) is 93.5 Å². The molecule has 3 N–H and O–H groups in total. The van der Waals surface area contributed by atoms with E-state index in [0.29, 0.717) is 24.6 Å². The number of methoxy groups -OCH3 is 1. The molecule has 0 spiro atoms. The summed E-state index contributed by atoms with van der Waals surface area (Å²) in [6.07, 6.45) is 2.10. The number of amides is 1. The Morgan fingerprint density at radius 3 is 2.81 bits per heavy atom. The van der Waals surface area contributed by atoms with Crippen molar-refractivity contribution in [2.24, 2.45) is 5.73 Å². The fourth-order valence-electron chi connectivity index (χ4n) is 4.23. The predicted octanol–water partition coefficient (Wildman–Crippen LogP) is 3.58. The number of ether oxygens (including phenoxy) is 2. The molecule has 1 amide bonds. The highest BCUT2D eigenvalue weighted by atomic mass is 16.5. The zero-order chi connectivity index (χ0) is 22.3. The molecule has 1 atom stereocenters. The van der Waals surface area contributed by atoms with Crippen molar-refractivity contribution in [3.05, 3.63) is 71.7 Å². The van der Waals surface area contributed by atoms with Crippen LogP contribution in [-0.2, 0) is 11.3 Å². The summed E-state index contributed by atoms with van der Waals surface area (Å²) < 4.78 is 10.8. The first-order valence-electron chi connectivity index (χ1n) is 11.0. The highest BCUT2D eigenvalue weighted by Gasteiger charge is 2.26. The summed E-state index contributed by atoms with van der Waals surface area (Å²) in [5, 5.41) is 0. The third-order valence-corrected chi connectivity index (χ3v) is 5.77. The van der Waals surface area contributed by atoms with E-state index >= 15 is 0 Å². The Bertz CT molecular complexity index is 1030. The fraction of sp³-hybridized carbons (Fsp3) is 0.360. The van der Waals surface area contributed by atoms with Crippen molar-refractivity contribution in [3.8, 4) is 17.0 Å². The maximum atomic E-state index is 12.0. The number of hydrogen-bond acceptors (Lipinski definition) is 5. The number of carbonyl (C=O) groups is 1. The molecule has 1 aliphatic rings. The van der Waals surface area contributed by atoms with Crippen LogP contribution in [0.25, 0.3) is 11.3 Å². The summed E-state index contributed by atoms with van der Waals surface area (Å²) in [4.78, 5) is 22.5. The van der Waals surface area contributed by atoms with Gasteiger partial charge in [0.1, 0.15) is 29.6 Å². The number of nitrogens with two attached hydrogens (primary N) is 1. The SMILES string of the molecule is COCCOc1cccc(CN2CCCC(c3nc(-c4ccccc4)c(C(N)=O)[nH]3)C2)c1. The first-order valence-corrected chi connectivity index (χ1v) is 11.0. The van der Waals surface area contributed by atoms with Gasteiger partial charge in [-0.15, -0.1) is 0 Å². The summed E-state index contributed by atoms with van der Waals surface area (Å²) in [7, 11) is 1.67. The first-order chi connectivity index (χ1) is 15.6. The normalized spacial score (nSPS) is 16.7. The van der Waals surface area contributed by atoms with E-state index < -0.39 is 5.91 Å². The lowest BCUT2D eigenvalue weighted by Crippen LogP contribution is -2.34. The van der Waals surface area contributed by atoms with Gasteiger partial charge in [0.25, 0.3) is 5.91 Å². The average Bonchev–Trinajstić information content (AvgIpc) is 3.27. The van der Waals surface area contributed by atoms with Crippen LogP contribution < -0.4 is 10.5 Å². The Hall–Kier alpha value is -3.16. The van der Waals surface area contributed by atoms with Crippen LogP contribution in [0.4, 0.5) is 0 Å². The lowest BCUT2D eigenvalue weighted by Gasteiger charge is -2.31. The summed E-state index contributed by atoms with van der Waals surface area (Å²) in [6.45, 7) is 3.84. The molecule has 1 aliphatic heterocycles. The number of nitrogens with zero attached hydrogens (tertiary/aromatic N) is 2. The van der Waals surface area contributed by atoms with Crippen molar-refractivity contribution in [1.29, 1.82) is 0 Å². The van der Waals surface area contributed by atoms with E-state index in [1.165, 1.54) is 5.56 Å². The molecule has 1 unspecified atom stereocenters. The molecular weight excluding hydrogens is 404 g/mol. The van der Waals surface area contributed by atoms with E-state index in [9.17, 15) is 4.79 Å². The summed E-state index contributed by atoms with van der Waals surface area (Å²) in [5.74, 6) is 1.43. The molecule has 0 radical (unpaired) electrons. The highest BCUT2D eigenvalue weighted by molar-refractivity contribution is 5.97. The Morgan fingerprint density at radius 1 is 1.19 bits per heavy atom. The van der Waals surface area contributed by atoms with E-state index in [0.717, 1.165) is 49.6 Å². The standard InChI is InChI=1S/C25H30N4O3/c1-31-13-14-32-21-11-5-7-18(15-21)16-29-12-6-10-20(17-29)25-27-22(23(28-25)24(26)30)19-8-3-2-4-9-19/h2-5,7-9,11,15,20H,6,10,12-14,16-17H2,1H3,(H2,26,30)(H,27,28). The van der Waals surface area contributed by atoms with Crippen LogP contribution in [0.15, 0.2) is 54.6 Å². The second kappa shape index (κ2) is 10.4. The number of likely N-dealkylation sites (tertiary alicyclic amines) is 1. The summed E-state index contributed by atoms with van der Waals surface area (Å²) >= 11 is 0. The molecule has 3 aromatic rings. The molecule has 1 aromatic heterocycles. The maximum Gasteiger partial charge on any atom is 0.267 e. The van der Waals surface area contributed by atoms with Crippen molar-refractivity contribution in [2.75, 3.05) is 33.4 Å². The van der Waals surface area contributed by atoms with Crippen molar-refractivity contribution in [1.82, 2.24) is 14.9 Å². The second-order valence-corrected chi connectivity index (χ2v) is 8.14. The van der Waals surface area contributed by atoms with Gasteiger partial charge in [0.15, 0.2) is 0 Å². The lowest BCUT2D eigenvalue weighted by atomic mass is 9.97. The lowest BCUT2D eigenvalue weighted by molar-refractivity contribution is 0.0996. The molecule has 32 heavy (non-hydrogen) atoms. The number of primary amides is 1. The molecule has 168 valence electrons. The zero-order valence-corrected chi connectivity index (χ0v) is 18.4. The van der Waals surface area contributed by atoms with Gasteiger partial charge in [0.05, 0.1) is 6.61 Å². The Morgan fingerprint density at radius 2 is 2.03 bits per heavy atom. The minimum absolute atomic E-state index is 0.223. The number of imidazole rings is 1. The van der Waals surface area contributed by atoms with Crippen LogP contribution >= 0.6 is 0 Å². The number of rotatable bonds is 9. The number of piperidine rings is 1. The second-order valence-electron chi connectivity index (χ2n) is 8.14. The van der Waals surface area contributed by atoms with E-state index in [4.69, 9.17) is 20.2 Å². The smallest absolute Gasteiger partial charge is 0.267 e. The van der Waals surface area contributed by atoms with E-state index in [2.05, 4.69) is 22.0 Å². The third kappa shape index (κ3) is 5.36. The molecule has 4 rings (SSSR count). The van der Waals surface area contributed by atoms with Crippen molar-refractivity contribution < 1.29 is 14.3 Å². The molecule has 2 heterocycles. The number of aromatic amines is 1. The number of carbonyl (C=O) groups excluding carboxylic acids is 1. The van der Waals surface area contributed by atoms with Gasteiger partial charge in [-0.2, -0.15) is 0 Å². The monoisotopic (exact) mass is 434 g/mol. The summed E-state index contributed by atoms with van der Waals surface area (Å²) in [6, 6.07) is 17.9. The van der Waals surface area contributed by atoms with Crippen LogP contribution in [0, 0.1) is 0 Å². The molecule has 0 saturated carbocycles. The van der Waals surface area contributed by atoms with Gasteiger partial charge in [-0.1, -0.05) is 42.5 Å². The van der Waals surface area contributed by atoms with Gasteiger partial charge in [-0.05, 0) is 37.1 Å². The molecular formula is C25H30N4O3. The Kier molecular flexibility index (Phi) is 7.19. The highest BCUT2D eigenvalue weighted by Crippen LogP contribution is 2.30. The van der Waals surface area contributed by atoms with E-state index in [1.54, 1.807) is 7.11 Å². The molecule has 0 aliphatic carbocycles. The van der Waals surface area contributed by atoms with Crippen LogP contribution in [0.3, 0.4) is 0 Å². The van der Waals surface area contributed by atoms with E-state index in [-0.39, 0.29) is 5.92 Å². The van der Waals surface area contributed by atoms with Gasteiger partial charge < -0.3 is 20.2 Å². The number of hydrogen-bond donors (Lipinski definition) is 2. The minimum atomic E-state index is -0.486. The van der Waals surface area contributed by atoms with Crippen molar-refractivity contribution in [2.45, 2.75) is 25.3 Å². The van der Waals surface area contributed by atoms with Gasteiger partial charge in [-0.3, -0.25) is 9.69 Å². The molecule has 1 fully saturated rings. The number of nitrogens with one attached hydrogen (secondary N) is 1. The minimum Gasteiger partial charge on any atom is -0.491 e. The maximum absolute atomic E-state index is 12.0. The van der Waals surface area contributed by atoms with E-state index in [1.807, 2.05) is 42.5 Å². The predicted molar refractivity (Wildman–Crippen MR) is 124 cm³/mol. The van der Waals surface area contributed by atoms with Gasteiger partial charge in [0, 0.05) is 31.7 Å². The third-order valence-electron chi connectivity index (χ3n) is 5.77. The number of H-pyrrole nitrogens is 1. The van der Waals surface area contributed by atoms with Crippen LogP contribution in [0.2, 0.25) is 0 Å². The van der Waals surface area contributed by atoms with Gasteiger partial charge in [-0.25, -0.2) is 4.98 Å². The average molecular weight is 435 g/mol. The van der Waals surface area contributed by atoms with Gasteiger partial charge in [0.2, 0.25) is 0 Å². The van der Waals surface area contributed by atoms with Crippen molar-refractivity contribution in [3.63, 3.8) is 0 Å². The van der Waals surface area contributed by atoms with Gasteiger partial charge >= 0.3 is 0 Å². The van der Waals surface area contributed by atoms with Crippen LogP contribution in [0.1, 0.15) is 40.6 Å². The Labute approximate surface area is 188 Å². The van der Waals surface area contributed by atoms with Crippen LogP contribution in [-0.4, -0.2) is 54.2 Å². The molecule has 7 heteroatoms. The molecule has 7 nitrogen and oxygen atoms in total. The van der Waals surface area contributed by atoms with Crippen LogP contribution in [0.5, 0.6) is 5.75 Å². The molecule has 1 saturated heterocycles. The Balaban J connectivity index is 1.47. The number of benzene rings is 2. The largest absolute Gasteiger partial charge is 0.491 e. The van der Waals surface area contributed by atoms with Crippen molar-refractivity contribution >= 4 is 5.91 Å².